The lowest BCUT2D eigenvalue weighted by Gasteiger charge is -2.21. The molecule has 0 aromatic rings. The Morgan fingerprint density at radius 3 is 2.83 bits per heavy atom. The summed E-state index contributed by atoms with van der Waals surface area (Å²) in [6.45, 7) is 3.64. The molecule has 1 aliphatic heterocycles. The van der Waals surface area contributed by atoms with Crippen molar-refractivity contribution in [3.8, 4) is 0 Å². The van der Waals surface area contributed by atoms with E-state index < -0.39 is 0 Å². The third kappa shape index (κ3) is 4.04. The number of nitrogens with one attached hydrogen (secondary N) is 1. The van der Waals surface area contributed by atoms with Crippen molar-refractivity contribution in [2.75, 3.05) is 33.6 Å². The molecule has 0 spiro atoms. The monoisotopic (exact) mass is 173 g/mol. The molecule has 0 aromatic carbocycles. The summed E-state index contributed by atoms with van der Waals surface area (Å²) in [6, 6.07) is 0. The maximum Gasteiger partial charge on any atom is 0.0961 e. The Morgan fingerprint density at radius 2 is 2.17 bits per heavy atom. The van der Waals surface area contributed by atoms with Crippen LogP contribution < -0.4 is 5.32 Å². The van der Waals surface area contributed by atoms with E-state index in [0.29, 0.717) is 6.73 Å². The van der Waals surface area contributed by atoms with Gasteiger partial charge in [-0.2, -0.15) is 0 Å². The van der Waals surface area contributed by atoms with Crippen molar-refractivity contribution < 1.29 is 9.47 Å². The lowest BCUT2D eigenvalue weighted by molar-refractivity contribution is 0.0629. The molecule has 0 aromatic heterocycles. The third-order valence-electron chi connectivity index (χ3n) is 2.32. The van der Waals surface area contributed by atoms with Crippen molar-refractivity contribution in [2.24, 2.45) is 5.92 Å². The first-order chi connectivity index (χ1) is 5.93. The van der Waals surface area contributed by atoms with Gasteiger partial charge in [-0.05, 0) is 31.7 Å². The zero-order chi connectivity index (χ0) is 8.65. The predicted octanol–water partition coefficient (Wildman–Crippen LogP) is 0.997. The number of hydrogen-bond acceptors (Lipinski definition) is 3. The lowest BCUT2D eigenvalue weighted by atomic mass is 9.97. The van der Waals surface area contributed by atoms with Gasteiger partial charge in [-0.3, -0.25) is 5.32 Å². The van der Waals surface area contributed by atoms with Crippen LogP contribution in [0.1, 0.15) is 19.3 Å². The van der Waals surface area contributed by atoms with Crippen molar-refractivity contribution in [1.29, 1.82) is 0 Å². The normalized spacial score (nSPS) is 19.8. The first-order valence-corrected chi connectivity index (χ1v) is 4.71. The number of hydrogen-bond donors (Lipinski definition) is 1. The van der Waals surface area contributed by atoms with Gasteiger partial charge in [-0.25, -0.2) is 0 Å². The summed E-state index contributed by atoms with van der Waals surface area (Å²) >= 11 is 0. The van der Waals surface area contributed by atoms with Gasteiger partial charge in [0, 0.05) is 20.3 Å². The molecule has 0 unspecified atom stereocenters. The smallest absolute Gasteiger partial charge is 0.0961 e. The molecular formula is C9H19NO2. The molecule has 0 saturated carbocycles. The average molecular weight is 173 g/mol. The highest BCUT2D eigenvalue weighted by Crippen LogP contribution is 2.17. The standard InChI is InChI=1S/C9H19NO2/c1-11-8-10-5-2-9-3-6-12-7-4-9/h9-10H,2-8H2,1H3. The number of methoxy groups -OCH3 is 1. The lowest BCUT2D eigenvalue weighted by Crippen LogP contribution is -2.23. The van der Waals surface area contributed by atoms with Crippen LogP contribution in [0.15, 0.2) is 0 Å². The van der Waals surface area contributed by atoms with Gasteiger partial charge in [0.1, 0.15) is 0 Å². The fourth-order valence-corrected chi connectivity index (χ4v) is 1.52. The number of rotatable bonds is 5. The van der Waals surface area contributed by atoms with Crippen LogP contribution in [0.2, 0.25) is 0 Å². The second-order valence-corrected chi connectivity index (χ2v) is 3.28. The maximum absolute atomic E-state index is 5.28. The van der Waals surface area contributed by atoms with Crippen molar-refractivity contribution >= 4 is 0 Å². The van der Waals surface area contributed by atoms with Gasteiger partial charge in [0.15, 0.2) is 0 Å². The second kappa shape index (κ2) is 6.40. The molecule has 3 heteroatoms. The molecule has 1 rings (SSSR count). The Labute approximate surface area is 74.4 Å². The summed E-state index contributed by atoms with van der Waals surface area (Å²) < 4.78 is 10.2. The highest BCUT2D eigenvalue weighted by molar-refractivity contribution is 4.63. The SMILES string of the molecule is COCNCCC1CCOCC1. The molecule has 0 atom stereocenters. The van der Waals surface area contributed by atoms with Crippen LogP contribution in [-0.4, -0.2) is 33.6 Å². The van der Waals surface area contributed by atoms with Crippen LogP contribution in [0.5, 0.6) is 0 Å². The fraction of sp³-hybridized carbons (Fsp3) is 1.00. The first-order valence-electron chi connectivity index (χ1n) is 4.71. The Kier molecular flexibility index (Phi) is 5.32. The van der Waals surface area contributed by atoms with E-state index in [1.807, 2.05) is 0 Å². The fourth-order valence-electron chi connectivity index (χ4n) is 1.52. The molecule has 3 nitrogen and oxygen atoms in total. The topological polar surface area (TPSA) is 30.5 Å². The Bertz CT molecular complexity index is 103. The molecule has 72 valence electrons. The van der Waals surface area contributed by atoms with E-state index >= 15 is 0 Å². The second-order valence-electron chi connectivity index (χ2n) is 3.28. The van der Waals surface area contributed by atoms with Crippen LogP contribution in [0, 0.1) is 5.92 Å². The van der Waals surface area contributed by atoms with Crippen LogP contribution in [0.25, 0.3) is 0 Å². The minimum atomic E-state index is 0.670. The summed E-state index contributed by atoms with van der Waals surface area (Å²) in [7, 11) is 1.71. The summed E-state index contributed by atoms with van der Waals surface area (Å²) in [4.78, 5) is 0. The summed E-state index contributed by atoms with van der Waals surface area (Å²) in [6.07, 6.45) is 3.72. The van der Waals surface area contributed by atoms with Crippen LogP contribution in [-0.2, 0) is 9.47 Å². The highest BCUT2D eigenvalue weighted by Gasteiger charge is 2.12. The summed E-state index contributed by atoms with van der Waals surface area (Å²) in [5, 5.41) is 3.22. The van der Waals surface area contributed by atoms with E-state index in [2.05, 4.69) is 5.32 Å². The molecule has 1 N–H and O–H groups in total. The quantitative estimate of drug-likeness (QED) is 0.497. The van der Waals surface area contributed by atoms with Gasteiger partial charge in [-0.15, -0.1) is 0 Å². The van der Waals surface area contributed by atoms with Gasteiger partial charge in [0.05, 0.1) is 6.73 Å². The Balaban J connectivity index is 1.91. The maximum atomic E-state index is 5.28. The van der Waals surface area contributed by atoms with Gasteiger partial charge in [0.25, 0.3) is 0 Å². The van der Waals surface area contributed by atoms with Gasteiger partial charge >= 0.3 is 0 Å². The van der Waals surface area contributed by atoms with E-state index in [4.69, 9.17) is 9.47 Å². The predicted molar refractivity (Wildman–Crippen MR) is 48.0 cm³/mol. The largest absolute Gasteiger partial charge is 0.381 e. The van der Waals surface area contributed by atoms with Crippen LogP contribution >= 0.6 is 0 Å². The number of ether oxygens (including phenoxy) is 2. The minimum absolute atomic E-state index is 0.670. The van der Waals surface area contributed by atoms with E-state index in [0.717, 1.165) is 25.7 Å². The van der Waals surface area contributed by atoms with E-state index in [-0.39, 0.29) is 0 Å². The first kappa shape index (κ1) is 9.96. The van der Waals surface area contributed by atoms with Crippen LogP contribution in [0.3, 0.4) is 0 Å². The molecule has 12 heavy (non-hydrogen) atoms. The molecular weight excluding hydrogens is 154 g/mol. The van der Waals surface area contributed by atoms with Gasteiger partial charge in [-0.1, -0.05) is 0 Å². The summed E-state index contributed by atoms with van der Waals surface area (Å²) in [5.74, 6) is 0.864. The molecule has 1 saturated heterocycles. The van der Waals surface area contributed by atoms with Gasteiger partial charge in [0.2, 0.25) is 0 Å². The molecule has 1 aliphatic rings. The van der Waals surface area contributed by atoms with E-state index in [1.54, 1.807) is 7.11 Å². The highest BCUT2D eigenvalue weighted by atomic mass is 16.5. The van der Waals surface area contributed by atoms with E-state index in [1.165, 1.54) is 19.3 Å². The molecule has 1 heterocycles. The Hall–Kier alpha value is -0.120. The third-order valence-corrected chi connectivity index (χ3v) is 2.32. The average Bonchev–Trinajstić information content (AvgIpc) is 2.14. The Morgan fingerprint density at radius 1 is 1.42 bits per heavy atom. The molecule has 0 radical (unpaired) electrons. The van der Waals surface area contributed by atoms with Crippen molar-refractivity contribution in [2.45, 2.75) is 19.3 Å². The van der Waals surface area contributed by atoms with Crippen molar-refractivity contribution in [3.05, 3.63) is 0 Å². The molecule has 0 aliphatic carbocycles. The van der Waals surface area contributed by atoms with Crippen molar-refractivity contribution in [1.82, 2.24) is 5.32 Å². The molecule has 1 fully saturated rings. The van der Waals surface area contributed by atoms with Crippen LogP contribution in [0.4, 0.5) is 0 Å². The van der Waals surface area contributed by atoms with Gasteiger partial charge < -0.3 is 9.47 Å². The zero-order valence-corrected chi connectivity index (χ0v) is 7.84. The summed E-state index contributed by atoms with van der Waals surface area (Å²) in [5.41, 5.74) is 0. The van der Waals surface area contributed by atoms with Crippen molar-refractivity contribution in [3.63, 3.8) is 0 Å². The zero-order valence-electron chi connectivity index (χ0n) is 7.84. The van der Waals surface area contributed by atoms with E-state index in [9.17, 15) is 0 Å². The molecule has 0 bridgehead atoms. The minimum Gasteiger partial charge on any atom is -0.381 e. The molecule has 0 amide bonds.